The number of ether oxygens (including phenoxy) is 2. The minimum atomic E-state index is 0.494. The highest BCUT2D eigenvalue weighted by molar-refractivity contribution is 5.47. The van der Waals surface area contributed by atoms with Crippen molar-refractivity contribution in [3.63, 3.8) is 0 Å². The molecule has 3 rings (SSSR count). The quantitative estimate of drug-likeness (QED) is 0.892. The van der Waals surface area contributed by atoms with Crippen molar-refractivity contribution in [2.45, 2.75) is 32.4 Å². The molecule has 2 aliphatic heterocycles. The molecule has 0 aromatic heterocycles. The maximum Gasteiger partial charge on any atom is 0.165 e. The van der Waals surface area contributed by atoms with Crippen LogP contribution in [0.1, 0.15) is 25.3 Å². The van der Waals surface area contributed by atoms with Crippen molar-refractivity contribution in [2.24, 2.45) is 0 Å². The van der Waals surface area contributed by atoms with Gasteiger partial charge in [-0.15, -0.1) is 0 Å². The third-order valence-corrected chi connectivity index (χ3v) is 4.02. The predicted molar refractivity (Wildman–Crippen MR) is 79.4 cm³/mol. The Kier molecular flexibility index (Phi) is 4.43. The second-order valence-corrected chi connectivity index (χ2v) is 5.73. The Bertz CT molecular complexity index is 444. The summed E-state index contributed by atoms with van der Waals surface area (Å²) in [6, 6.07) is 6.62. The van der Waals surface area contributed by atoms with Crippen LogP contribution in [0.3, 0.4) is 0 Å². The average Bonchev–Trinajstić information content (AvgIpc) is 2.98. The summed E-state index contributed by atoms with van der Waals surface area (Å²) in [4.78, 5) is 2.54. The van der Waals surface area contributed by atoms with Gasteiger partial charge in [-0.05, 0) is 38.9 Å². The van der Waals surface area contributed by atoms with Crippen molar-refractivity contribution in [3.05, 3.63) is 23.8 Å². The second-order valence-electron chi connectivity index (χ2n) is 5.73. The predicted octanol–water partition coefficient (Wildman–Crippen LogP) is 2.03. The number of rotatable bonds is 5. The summed E-state index contributed by atoms with van der Waals surface area (Å²) in [7, 11) is 0. The van der Waals surface area contributed by atoms with E-state index in [0.29, 0.717) is 19.3 Å². The fraction of sp³-hybridized carbons (Fsp3) is 0.625. The van der Waals surface area contributed by atoms with E-state index in [1.165, 1.54) is 31.5 Å². The van der Waals surface area contributed by atoms with Gasteiger partial charge < -0.3 is 19.7 Å². The zero-order chi connectivity index (χ0) is 13.8. The Morgan fingerprint density at radius 3 is 2.85 bits per heavy atom. The van der Waals surface area contributed by atoms with E-state index in [-0.39, 0.29) is 0 Å². The first-order valence-electron chi connectivity index (χ1n) is 7.66. The van der Waals surface area contributed by atoms with E-state index < -0.39 is 0 Å². The zero-order valence-corrected chi connectivity index (χ0v) is 12.2. The molecule has 1 unspecified atom stereocenters. The molecule has 1 N–H and O–H groups in total. The Labute approximate surface area is 121 Å². The molecule has 0 radical (unpaired) electrons. The molecule has 0 saturated carbocycles. The van der Waals surface area contributed by atoms with Gasteiger partial charge in [0.05, 0.1) is 0 Å². The first-order valence-corrected chi connectivity index (χ1v) is 7.66. The van der Waals surface area contributed by atoms with Crippen molar-refractivity contribution in [1.29, 1.82) is 0 Å². The lowest BCUT2D eigenvalue weighted by molar-refractivity contribution is 0.169. The highest BCUT2D eigenvalue weighted by Gasteiger charge is 2.17. The zero-order valence-electron chi connectivity index (χ0n) is 12.2. The SMILES string of the molecule is CC(CN1CCCC1)NCc1cccc2c1OCCO2. The largest absolute Gasteiger partial charge is 0.486 e. The Morgan fingerprint density at radius 2 is 2.00 bits per heavy atom. The average molecular weight is 276 g/mol. The highest BCUT2D eigenvalue weighted by atomic mass is 16.6. The summed E-state index contributed by atoms with van der Waals surface area (Å²) in [5.74, 6) is 1.79. The van der Waals surface area contributed by atoms with Crippen molar-refractivity contribution in [1.82, 2.24) is 10.2 Å². The third kappa shape index (κ3) is 3.25. The molecule has 0 bridgehead atoms. The van der Waals surface area contributed by atoms with E-state index in [0.717, 1.165) is 24.6 Å². The monoisotopic (exact) mass is 276 g/mol. The molecule has 0 spiro atoms. The molecule has 0 amide bonds. The number of likely N-dealkylation sites (tertiary alicyclic amines) is 1. The van der Waals surface area contributed by atoms with Gasteiger partial charge >= 0.3 is 0 Å². The minimum Gasteiger partial charge on any atom is -0.486 e. The topological polar surface area (TPSA) is 33.7 Å². The van der Waals surface area contributed by atoms with Crippen LogP contribution in [0.4, 0.5) is 0 Å². The van der Waals surface area contributed by atoms with Crippen LogP contribution in [-0.2, 0) is 6.54 Å². The van der Waals surface area contributed by atoms with E-state index in [1.807, 2.05) is 12.1 Å². The maximum atomic E-state index is 5.74. The molecule has 1 atom stereocenters. The molecule has 1 aromatic rings. The molecule has 4 heteroatoms. The van der Waals surface area contributed by atoms with E-state index in [9.17, 15) is 0 Å². The fourth-order valence-corrected chi connectivity index (χ4v) is 2.97. The normalized spacial score (nSPS) is 20.1. The van der Waals surface area contributed by atoms with Gasteiger partial charge in [0.1, 0.15) is 13.2 Å². The Balaban J connectivity index is 1.55. The standard InChI is InChI=1S/C16H24N2O2/c1-13(12-18-7-2-3-8-18)17-11-14-5-4-6-15-16(14)20-10-9-19-15/h4-6,13,17H,2-3,7-12H2,1H3. The van der Waals surface area contributed by atoms with Crippen LogP contribution >= 0.6 is 0 Å². The van der Waals surface area contributed by atoms with E-state index >= 15 is 0 Å². The van der Waals surface area contributed by atoms with Crippen LogP contribution in [0, 0.1) is 0 Å². The van der Waals surface area contributed by atoms with Crippen LogP contribution in [0.25, 0.3) is 0 Å². The number of hydrogen-bond donors (Lipinski definition) is 1. The van der Waals surface area contributed by atoms with Gasteiger partial charge in [0, 0.05) is 24.7 Å². The van der Waals surface area contributed by atoms with Gasteiger partial charge in [-0.1, -0.05) is 12.1 Å². The van der Waals surface area contributed by atoms with E-state index in [4.69, 9.17) is 9.47 Å². The summed E-state index contributed by atoms with van der Waals surface area (Å²) in [6.07, 6.45) is 2.70. The number of nitrogens with zero attached hydrogens (tertiary/aromatic N) is 1. The number of benzene rings is 1. The molecule has 4 nitrogen and oxygen atoms in total. The summed E-state index contributed by atoms with van der Waals surface area (Å²) < 4.78 is 11.4. The molecule has 0 aliphatic carbocycles. The molecule has 1 saturated heterocycles. The molecular formula is C16H24N2O2. The van der Waals surface area contributed by atoms with E-state index in [2.05, 4.69) is 23.2 Å². The van der Waals surface area contributed by atoms with Crippen LogP contribution in [0.5, 0.6) is 11.5 Å². The van der Waals surface area contributed by atoms with Crippen LogP contribution in [0.15, 0.2) is 18.2 Å². The lowest BCUT2D eigenvalue weighted by Gasteiger charge is -2.24. The van der Waals surface area contributed by atoms with Gasteiger partial charge in [-0.2, -0.15) is 0 Å². The summed E-state index contributed by atoms with van der Waals surface area (Å²) in [5, 5.41) is 3.60. The lowest BCUT2D eigenvalue weighted by Crippen LogP contribution is -2.37. The third-order valence-electron chi connectivity index (χ3n) is 4.02. The minimum absolute atomic E-state index is 0.494. The maximum absolute atomic E-state index is 5.74. The number of fused-ring (bicyclic) bond motifs is 1. The molecule has 1 fully saturated rings. The van der Waals surface area contributed by atoms with Crippen LogP contribution in [0.2, 0.25) is 0 Å². The molecule has 1 aromatic carbocycles. The first-order chi connectivity index (χ1) is 9.83. The molecule has 2 aliphatic rings. The first kappa shape index (κ1) is 13.7. The molecular weight excluding hydrogens is 252 g/mol. The Morgan fingerprint density at radius 1 is 1.20 bits per heavy atom. The van der Waals surface area contributed by atoms with Crippen LogP contribution < -0.4 is 14.8 Å². The highest BCUT2D eigenvalue weighted by Crippen LogP contribution is 2.33. The number of para-hydroxylation sites is 1. The van der Waals surface area contributed by atoms with Crippen LogP contribution in [-0.4, -0.2) is 43.8 Å². The van der Waals surface area contributed by atoms with Gasteiger partial charge in [-0.25, -0.2) is 0 Å². The molecule has 20 heavy (non-hydrogen) atoms. The number of hydrogen-bond acceptors (Lipinski definition) is 4. The second kappa shape index (κ2) is 6.46. The van der Waals surface area contributed by atoms with Crippen molar-refractivity contribution < 1.29 is 9.47 Å². The summed E-state index contributed by atoms with van der Waals surface area (Å²) in [6.45, 7) is 8.02. The number of nitrogens with one attached hydrogen (secondary N) is 1. The van der Waals surface area contributed by atoms with Gasteiger partial charge in [0.2, 0.25) is 0 Å². The molecule has 2 heterocycles. The van der Waals surface area contributed by atoms with Crippen molar-refractivity contribution in [2.75, 3.05) is 32.8 Å². The van der Waals surface area contributed by atoms with Gasteiger partial charge in [-0.3, -0.25) is 0 Å². The molecule has 110 valence electrons. The van der Waals surface area contributed by atoms with Gasteiger partial charge in [0.25, 0.3) is 0 Å². The van der Waals surface area contributed by atoms with Gasteiger partial charge in [0.15, 0.2) is 11.5 Å². The lowest BCUT2D eigenvalue weighted by atomic mass is 10.1. The Hall–Kier alpha value is -1.26. The van der Waals surface area contributed by atoms with Crippen molar-refractivity contribution >= 4 is 0 Å². The fourth-order valence-electron chi connectivity index (χ4n) is 2.97. The van der Waals surface area contributed by atoms with Crippen molar-refractivity contribution in [3.8, 4) is 11.5 Å². The summed E-state index contributed by atoms with van der Waals surface area (Å²) >= 11 is 0. The summed E-state index contributed by atoms with van der Waals surface area (Å²) in [5.41, 5.74) is 1.19. The smallest absolute Gasteiger partial charge is 0.165 e. The van der Waals surface area contributed by atoms with E-state index in [1.54, 1.807) is 0 Å².